The molecule has 34 heavy (non-hydrogen) atoms. The Balaban J connectivity index is 0.000000271. The minimum atomic E-state index is 0.314. The molecular formula is C32H38N2. The molecule has 0 spiro atoms. The summed E-state index contributed by atoms with van der Waals surface area (Å²) >= 11 is 0. The van der Waals surface area contributed by atoms with Crippen LogP contribution in [-0.4, -0.2) is 0 Å². The van der Waals surface area contributed by atoms with Gasteiger partial charge in [-0.25, -0.2) is 0 Å². The van der Waals surface area contributed by atoms with Crippen molar-refractivity contribution in [2.75, 3.05) is 0 Å². The van der Waals surface area contributed by atoms with E-state index in [1.54, 1.807) is 0 Å². The minimum absolute atomic E-state index is 0.314. The number of hydrogen-bond acceptors (Lipinski definition) is 2. The summed E-state index contributed by atoms with van der Waals surface area (Å²) in [6, 6.07) is 34.9. The van der Waals surface area contributed by atoms with E-state index >= 15 is 0 Å². The average molecular weight is 451 g/mol. The maximum Gasteiger partial charge on any atom is 0.0363 e. The smallest absolute Gasteiger partial charge is 0.0363 e. The molecule has 0 saturated carbocycles. The van der Waals surface area contributed by atoms with Crippen molar-refractivity contribution in [3.63, 3.8) is 0 Å². The van der Waals surface area contributed by atoms with Gasteiger partial charge in [0, 0.05) is 19.1 Å². The number of aryl methyl sites for hydroxylation is 4. The number of nitrogens with one attached hydrogen (secondary N) is 1. The first-order chi connectivity index (χ1) is 16.4. The molecule has 1 unspecified atom stereocenters. The van der Waals surface area contributed by atoms with Crippen LogP contribution in [0, 0.1) is 27.7 Å². The quantitative estimate of drug-likeness (QED) is 0.314. The lowest BCUT2D eigenvalue weighted by molar-refractivity contribution is 0.530. The fourth-order valence-corrected chi connectivity index (χ4v) is 4.44. The average Bonchev–Trinajstić information content (AvgIpc) is 2.82. The molecule has 2 heteroatoms. The van der Waals surface area contributed by atoms with E-state index in [9.17, 15) is 0 Å². The van der Waals surface area contributed by atoms with E-state index < -0.39 is 0 Å². The van der Waals surface area contributed by atoms with E-state index in [4.69, 9.17) is 5.73 Å². The van der Waals surface area contributed by atoms with Gasteiger partial charge in [-0.05, 0) is 56.4 Å². The lowest BCUT2D eigenvalue weighted by Gasteiger charge is -2.20. The van der Waals surface area contributed by atoms with Gasteiger partial charge in [0.1, 0.15) is 0 Å². The fourth-order valence-electron chi connectivity index (χ4n) is 4.44. The van der Waals surface area contributed by atoms with Crippen molar-refractivity contribution in [3.8, 4) is 0 Å². The molecule has 0 heterocycles. The van der Waals surface area contributed by atoms with Gasteiger partial charge in [0.05, 0.1) is 0 Å². The zero-order chi connectivity index (χ0) is 24.3. The van der Waals surface area contributed by atoms with Gasteiger partial charge in [-0.3, -0.25) is 0 Å². The third-order valence-corrected chi connectivity index (χ3v) is 5.84. The molecule has 0 saturated heterocycles. The van der Waals surface area contributed by atoms with E-state index in [1.807, 2.05) is 0 Å². The summed E-state index contributed by atoms with van der Waals surface area (Å²) in [5.74, 6) is 0. The zero-order valence-corrected chi connectivity index (χ0v) is 21.0. The molecule has 176 valence electrons. The van der Waals surface area contributed by atoms with Crippen LogP contribution >= 0.6 is 0 Å². The molecule has 1 atom stereocenters. The van der Waals surface area contributed by atoms with E-state index in [-0.39, 0.29) is 0 Å². The highest BCUT2D eigenvalue weighted by atomic mass is 14.9. The summed E-state index contributed by atoms with van der Waals surface area (Å²) < 4.78 is 0. The monoisotopic (exact) mass is 450 g/mol. The maximum absolute atomic E-state index is 5.49. The molecule has 0 aromatic heterocycles. The maximum atomic E-state index is 5.49. The first-order valence-electron chi connectivity index (χ1n) is 12.1. The molecular weight excluding hydrogens is 412 g/mol. The Bertz CT molecular complexity index is 1110. The summed E-state index contributed by atoms with van der Waals surface area (Å²) in [4.78, 5) is 0. The molecule has 0 aliphatic carbocycles. The molecule has 0 radical (unpaired) electrons. The van der Waals surface area contributed by atoms with Crippen LogP contribution in [0.4, 0.5) is 0 Å². The van der Waals surface area contributed by atoms with Crippen LogP contribution in [0.5, 0.6) is 0 Å². The highest BCUT2D eigenvalue weighted by molar-refractivity contribution is 5.30. The standard InChI is InChI=1S/C23H25N.C9H13N/c1-18-13-19(2)15-21(14-18)17-24-23(22-11-7-4-8-12-22)16-20-9-5-3-6-10-20;1-7-3-8(2)5-9(4-7)6-10/h3-15,23-24H,16-17H2,1-2H3;3-5H,6,10H2,1-2H3. The van der Waals surface area contributed by atoms with Crippen molar-refractivity contribution in [3.05, 3.63) is 142 Å². The van der Waals surface area contributed by atoms with Gasteiger partial charge in [-0.1, -0.05) is 119 Å². The van der Waals surface area contributed by atoms with Gasteiger partial charge in [-0.2, -0.15) is 0 Å². The minimum Gasteiger partial charge on any atom is -0.326 e. The summed E-state index contributed by atoms with van der Waals surface area (Å²) in [5.41, 5.74) is 16.0. The van der Waals surface area contributed by atoms with Crippen molar-refractivity contribution < 1.29 is 0 Å². The van der Waals surface area contributed by atoms with Crippen LogP contribution in [-0.2, 0) is 19.5 Å². The normalized spacial score (nSPS) is 11.4. The van der Waals surface area contributed by atoms with Gasteiger partial charge in [0.2, 0.25) is 0 Å². The van der Waals surface area contributed by atoms with E-state index in [2.05, 4.69) is 130 Å². The fraction of sp³-hybridized carbons (Fsp3) is 0.250. The Labute approximate surface area is 205 Å². The van der Waals surface area contributed by atoms with Gasteiger partial charge in [0.25, 0.3) is 0 Å². The second-order valence-corrected chi connectivity index (χ2v) is 9.23. The molecule has 0 aliphatic heterocycles. The molecule has 4 aromatic carbocycles. The van der Waals surface area contributed by atoms with Crippen molar-refractivity contribution in [2.45, 2.75) is 53.2 Å². The molecule has 4 aromatic rings. The Kier molecular flexibility index (Phi) is 9.63. The summed E-state index contributed by atoms with van der Waals surface area (Å²) in [6.07, 6.45) is 0.996. The summed E-state index contributed by atoms with van der Waals surface area (Å²) in [5, 5.41) is 3.76. The third-order valence-electron chi connectivity index (χ3n) is 5.84. The molecule has 0 bridgehead atoms. The predicted molar refractivity (Wildman–Crippen MR) is 146 cm³/mol. The number of rotatable bonds is 7. The molecule has 2 nitrogen and oxygen atoms in total. The lowest BCUT2D eigenvalue weighted by atomic mass is 9.98. The van der Waals surface area contributed by atoms with Gasteiger partial charge < -0.3 is 11.1 Å². The first-order valence-corrected chi connectivity index (χ1v) is 12.1. The van der Waals surface area contributed by atoms with Crippen LogP contribution in [0.1, 0.15) is 50.5 Å². The topological polar surface area (TPSA) is 38.0 Å². The molecule has 0 aliphatic rings. The molecule has 0 fully saturated rings. The second-order valence-electron chi connectivity index (χ2n) is 9.23. The van der Waals surface area contributed by atoms with Crippen molar-refractivity contribution in [1.29, 1.82) is 0 Å². The highest BCUT2D eigenvalue weighted by Gasteiger charge is 2.12. The Morgan fingerprint density at radius 3 is 1.56 bits per heavy atom. The number of benzene rings is 4. The Morgan fingerprint density at radius 2 is 1.06 bits per heavy atom. The SMILES string of the molecule is Cc1cc(C)cc(CN)c1.Cc1cc(C)cc(CNC(Cc2ccccc2)c2ccccc2)c1. The van der Waals surface area contributed by atoms with Crippen molar-refractivity contribution >= 4 is 0 Å². The van der Waals surface area contributed by atoms with E-state index in [1.165, 1.54) is 44.5 Å². The number of nitrogens with two attached hydrogens (primary N) is 1. The zero-order valence-electron chi connectivity index (χ0n) is 21.0. The summed E-state index contributed by atoms with van der Waals surface area (Å²) in [7, 11) is 0. The second kappa shape index (κ2) is 12.9. The van der Waals surface area contributed by atoms with Crippen molar-refractivity contribution in [1.82, 2.24) is 5.32 Å². The van der Waals surface area contributed by atoms with Crippen LogP contribution in [0.2, 0.25) is 0 Å². The van der Waals surface area contributed by atoms with Crippen LogP contribution in [0.15, 0.2) is 97.1 Å². The Morgan fingerprint density at radius 1 is 0.588 bits per heavy atom. The van der Waals surface area contributed by atoms with E-state index in [0.29, 0.717) is 12.6 Å². The number of hydrogen-bond donors (Lipinski definition) is 2. The van der Waals surface area contributed by atoms with Gasteiger partial charge in [-0.15, -0.1) is 0 Å². The summed E-state index contributed by atoms with van der Waals surface area (Å²) in [6.45, 7) is 10.0. The predicted octanol–water partition coefficient (Wildman–Crippen LogP) is 7.14. The van der Waals surface area contributed by atoms with Crippen LogP contribution in [0.25, 0.3) is 0 Å². The largest absolute Gasteiger partial charge is 0.326 e. The van der Waals surface area contributed by atoms with Gasteiger partial charge in [0.15, 0.2) is 0 Å². The Hall–Kier alpha value is -3.20. The molecule has 3 N–H and O–H groups in total. The highest BCUT2D eigenvalue weighted by Crippen LogP contribution is 2.19. The van der Waals surface area contributed by atoms with Crippen LogP contribution in [0.3, 0.4) is 0 Å². The first kappa shape index (κ1) is 25.4. The lowest BCUT2D eigenvalue weighted by Crippen LogP contribution is -2.23. The molecule has 4 rings (SSSR count). The third kappa shape index (κ3) is 8.30. The molecule has 0 amide bonds. The van der Waals surface area contributed by atoms with Crippen LogP contribution < -0.4 is 11.1 Å². The van der Waals surface area contributed by atoms with E-state index in [0.717, 1.165) is 13.0 Å². The van der Waals surface area contributed by atoms with Gasteiger partial charge >= 0.3 is 0 Å². The van der Waals surface area contributed by atoms with Crippen molar-refractivity contribution in [2.24, 2.45) is 5.73 Å².